The maximum absolute atomic E-state index is 13.0. The van der Waals surface area contributed by atoms with Crippen molar-refractivity contribution >= 4 is 17.1 Å². The minimum Gasteiger partial charge on any atom is -0.299 e. The number of ketones is 1. The number of carbonyl (C=O) groups excluding carboxylic acids is 1. The Morgan fingerprint density at radius 3 is 2.50 bits per heavy atom. The van der Waals surface area contributed by atoms with Crippen molar-refractivity contribution in [1.82, 2.24) is 4.98 Å². The number of alkyl halides is 3. The van der Waals surface area contributed by atoms with Crippen LogP contribution in [0.4, 0.5) is 13.2 Å². The predicted molar refractivity (Wildman–Crippen MR) is 71.8 cm³/mol. The zero-order valence-electron chi connectivity index (χ0n) is 11.6. The number of hydrogen-bond acceptors (Lipinski definition) is 3. The van der Waals surface area contributed by atoms with Crippen molar-refractivity contribution in [2.45, 2.75) is 52.1 Å². The zero-order valence-corrected chi connectivity index (χ0v) is 12.4. The van der Waals surface area contributed by atoms with Gasteiger partial charge < -0.3 is 0 Å². The average molecular weight is 305 g/mol. The third kappa shape index (κ3) is 3.40. The van der Waals surface area contributed by atoms with Crippen LogP contribution in [0.25, 0.3) is 0 Å². The van der Waals surface area contributed by atoms with Crippen LogP contribution in [0.3, 0.4) is 0 Å². The first kappa shape index (κ1) is 15.5. The van der Waals surface area contributed by atoms with Crippen LogP contribution < -0.4 is 0 Å². The molecule has 112 valence electrons. The van der Waals surface area contributed by atoms with E-state index < -0.39 is 18.0 Å². The predicted octanol–water partition coefficient (Wildman–Crippen LogP) is 4.24. The number of Topliss-reactive ketones (excluding diaryl/α,β-unsaturated/α-hetero) is 1. The van der Waals surface area contributed by atoms with Crippen molar-refractivity contribution in [2.75, 3.05) is 0 Å². The van der Waals surface area contributed by atoms with E-state index in [1.807, 2.05) is 13.8 Å². The molecule has 1 heterocycles. The molecule has 2 nitrogen and oxygen atoms in total. The summed E-state index contributed by atoms with van der Waals surface area (Å²) in [6, 6.07) is 0. The topological polar surface area (TPSA) is 30.0 Å². The summed E-state index contributed by atoms with van der Waals surface area (Å²) in [5, 5.41) is 0.636. The number of hydrogen-bond donors (Lipinski definition) is 0. The highest BCUT2D eigenvalue weighted by Crippen LogP contribution is 2.42. The van der Waals surface area contributed by atoms with Crippen molar-refractivity contribution < 1.29 is 18.0 Å². The number of rotatable bonds is 3. The van der Waals surface area contributed by atoms with Gasteiger partial charge in [0.2, 0.25) is 0 Å². The molecule has 0 N–H and O–H groups in total. The lowest BCUT2D eigenvalue weighted by Gasteiger charge is -2.31. The van der Waals surface area contributed by atoms with Gasteiger partial charge in [0.05, 0.1) is 18.0 Å². The van der Waals surface area contributed by atoms with Gasteiger partial charge in [-0.25, -0.2) is 4.98 Å². The molecule has 20 heavy (non-hydrogen) atoms. The molecule has 2 atom stereocenters. The number of aromatic nitrogens is 1. The quantitative estimate of drug-likeness (QED) is 0.836. The lowest BCUT2D eigenvalue weighted by atomic mass is 9.76. The van der Waals surface area contributed by atoms with E-state index in [9.17, 15) is 18.0 Å². The molecule has 1 saturated carbocycles. The maximum Gasteiger partial charge on any atom is 0.392 e. The highest BCUT2D eigenvalue weighted by Gasteiger charge is 2.47. The van der Waals surface area contributed by atoms with Gasteiger partial charge in [0.25, 0.3) is 0 Å². The molecule has 2 unspecified atom stereocenters. The summed E-state index contributed by atoms with van der Waals surface area (Å²) < 4.78 is 39.0. The van der Waals surface area contributed by atoms with E-state index in [-0.39, 0.29) is 18.6 Å². The first-order valence-electron chi connectivity index (χ1n) is 6.81. The van der Waals surface area contributed by atoms with Crippen LogP contribution in [-0.4, -0.2) is 16.9 Å². The number of halogens is 3. The summed E-state index contributed by atoms with van der Waals surface area (Å²) >= 11 is 1.40. The Bertz CT molecular complexity index is 476. The molecule has 0 aliphatic heterocycles. The monoisotopic (exact) mass is 305 g/mol. The third-order valence-electron chi connectivity index (χ3n) is 4.00. The van der Waals surface area contributed by atoms with E-state index in [0.717, 1.165) is 10.6 Å². The molecular weight excluding hydrogens is 287 g/mol. The van der Waals surface area contributed by atoms with Crippen molar-refractivity contribution in [1.29, 1.82) is 0 Å². The van der Waals surface area contributed by atoms with Crippen LogP contribution in [0, 0.1) is 25.7 Å². The minimum atomic E-state index is -4.27. The van der Waals surface area contributed by atoms with Gasteiger partial charge in [-0.1, -0.05) is 12.8 Å². The fourth-order valence-electron chi connectivity index (χ4n) is 2.80. The van der Waals surface area contributed by atoms with Crippen LogP contribution in [0.2, 0.25) is 0 Å². The summed E-state index contributed by atoms with van der Waals surface area (Å²) in [5.74, 6) is -2.65. The molecule has 1 aromatic heterocycles. The SMILES string of the molecule is Cc1nc(CC(=O)C2CCCCC2C(F)(F)F)sc1C. The highest BCUT2D eigenvalue weighted by molar-refractivity contribution is 7.11. The smallest absolute Gasteiger partial charge is 0.299 e. The van der Waals surface area contributed by atoms with Crippen molar-refractivity contribution in [3.63, 3.8) is 0 Å². The number of aryl methyl sites for hydroxylation is 2. The van der Waals surface area contributed by atoms with E-state index in [2.05, 4.69) is 4.98 Å². The summed E-state index contributed by atoms with van der Waals surface area (Å²) in [5.41, 5.74) is 0.855. The summed E-state index contributed by atoms with van der Waals surface area (Å²) in [4.78, 5) is 17.5. The van der Waals surface area contributed by atoms with Gasteiger partial charge in [0.15, 0.2) is 0 Å². The summed E-state index contributed by atoms with van der Waals surface area (Å²) in [6.07, 6.45) is -2.53. The van der Waals surface area contributed by atoms with Crippen LogP contribution in [0.5, 0.6) is 0 Å². The Balaban J connectivity index is 2.10. The van der Waals surface area contributed by atoms with Crippen LogP contribution in [-0.2, 0) is 11.2 Å². The highest BCUT2D eigenvalue weighted by atomic mass is 32.1. The second kappa shape index (κ2) is 5.84. The number of thiazole rings is 1. The summed E-state index contributed by atoms with van der Waals surface area (Å²) in [6.45, 7) is 3.75. The first-order chi connectivity index (χ1) is 9.29. The normalized spacial score (nSPS) is 23.9. The van der Waals surface area contributed by atoms with E-state index in [1.54, 1.807) is 0 Å². The minimum absolute atomic E-state index is 0.0383. The van der Waals surface area contributed by atoms with Gasteiger partial charge in [-0.15, -0.1) is 11.3 Å². The summed E-state index contributed by atoms with van der Waals surface area (Å²) in [7, 11) is 0. The maximum atomic E-state index is 13.0. The number of nitrogens with zero attached hydrogens (tertiary/aromatic N) is 1. The Morgan fingerprint density at radius 2 is 1.95 bits per heavy atom. The van der Waals surface area contributed by atoms with Gasteiger partial charge in [0.1, 0.15) is 10.8 Å². The second-order valence-corrected chi connectivity index (χ2v) is 6.72. The lowest BCUT2D eigenvalue weighted by molar-refractivity contribution is -0.197. The van der Waals surface area contributed by atoms with Crippen LogP contribution in [0.15, 0.2) is 0 Å². The Morgan fingerprint density at radius 1 is 1.30 bits per heavy atom. The molecule has 0 bridgehead atoms. The molecule has 1 fully saturated rings. The van der Waals surface area contributed by atoms with Crippen LogP contribution >= 0.6 is 11.3 Å². The van der Waals surface area contributed by atoms with Crippen molar-refractivity contribution in [3.8, 4) is 0 Å². The van der Waals surface area contributed by atoms with Crippen LogP contribution in [0.1, 0.15) is 41.3 Å². The van der Waals surface area contributed by atoms with Gasteiger partial charge in [0, 0.05) is 10.8 Å². The van der Waals surface area contributed by atoms with E-state index >= 15 is 0 Å². The Kier molecular flexibility index (Phi) is 4.52. The second-order valence-electron chi connectivity index (χ2n) is 5.43. The van der Waals surface area contributed by atoms with Gasteiger partial charge >= 0.3 is 6.18 Å². The Hall–Kier alpha value is -0.910. The molecule has 1 aromatic rings. The fourth-order valence-corrected chi connectivity index (χ4v) is 3.75. The Labute approximate surface area is 120 Å². The molecule has 0 spiro atoms. The van der Waals surface area contributed by atoms with E-state index in [1.165, 1.54) is 11.3 Å². The van der Waals surface area contributed by atoms with E-state index in [0.29, 0.717) is 24.3 Å². The standard InChI is InChI=1S/C14H18F3NOS/c1-8-9(2)20-13(18-8)7-12(19)10-5-3-4-6-11(10)14(15,16)17/h10-11H,3-7H2,1-2H3. The molecule has 0 aromatic carbocycles. The first-order valence-corrected chi connectivity index (χ1v) is 7.63. The average Bonchev–Trinajstić information content (AvgIpc) is 2.67. The molecule has 0 amide bonds. The fraction of sp³-hybridized carbons (Fsp3) is 0.714. The molecular formula is C14H18F3NOS. The van der Waals surface area contributed by atoms with E-state index in [4.69, 9.17) is 0 Å². The number of carbonyl (C=O) groups is 1. The van der Waals surface area contributed by atoms with Gasteiger partial charge in [-0.05, 0) is 26.7 Å². The molecule has 2 rings (SSSR count). The zero-order chi connectivity index (χ0) is 14.9. The van der Waals surface area contributed by atoms with Crippen molar-refractivity contribution in [2.24, 2.45) is 11.8 Å². The third-order valence-corrected chi connectivity index (χ3v) is 5.07. The molecule has 0 radical (unpaired) electrons. The largest absolute Gasteiger partial charge is 0.392 e. The van der Waals surface area contributed by atoms with Gasteiger partial charge in [-0.2, -0.15) is 13.2 Å². The van der Waals surface area contributed by atoms with Gasteiger partial charge in [-0.3, -0.25) is 4.79 Å². The molecule has 0 saturated heterocycles. The molecule has 1 aliphatic rings. The lowest BCUT2D eigenvalue weighted by Crippen LogP contribution is -2.37. The van der Waals surface area contributed by atoms with Crippen molar-refractivity contribution in [3.05, 3.63) is 15.6 Å². The molecule has 6 heteroatoms. The molecule has 1 aliphatic carbocycles.